The molecule has 2 aromatic heterocycles. The van der Waals surface area contributed by atoms with Gasteiger partial charge in [-0.15, -0.1) is 5.10 Å². The number of benzene rings is 1. The van der Waals surface area contributed by atoms with Gasteiger partial charge in [0, 0.05) is 11.2 Å². The number of aryl methyl sites for hydroxylation is 1. The van der Waals surface area contributed by atoms with Crippen molar-refractivity contribution in [3.63, 3.8) is 0 Å². The summed E-state index contributed by atoms with van der Waals surface area (Å²) in [5.41, 5.74) is 5.60. The lowest BCUT2D eigenvalue weighted by atomic mass is 10.3. The summed E-state index contributed by atoms with van der Waals surface area (Å²) in [5, 5.41) is 4.74. The number of amides is 2. The number of aromatic amines is 1. The Morgan fingerprint density at radius 1 is 1.12 bits per heavy atom. The third kappa shape index (κ3) is 3.28. The maximum absolute atomic E-state index is 12.1. The summed E-state index contributed by atoms with van der Waals surface area (Å²) in [5.74, 6) is -0.625. The Morgan fingerprint density at radius 3 is 2.50 bits per heavy atom. The first kappa shape index (κ1) is 15.8. The molecule has 0 spiro atoms. The van der Waals surface area contributed by atoms with E-state index in [1.54, 1.807) is 49.5 Å². The molecular weight excluding hydrogens is 332 g/mol. The fourth-order valence-electron chi connectivity index (χ4n) is 2.02. The fourth-order valence-corrected chi connectivity index (χ4v) is 2.15. The van der Waals surface area contributed by atoms with Crippen LogP contribution in [0.1, 0.15) is 26.9 Å². The molecule has 0 radical (unpaired) electrons. The number of carbonyl (C=O) groups excluding carboxylic acids is 2. The van der Waals surface area contributed by atoms with Crippen molar-refractivity contribution in [3.05, 3.63) is 65.0 Å². The van der Waals surface area contributed by atoms with E-state index in [1.807, 2.05) is 0 Å². The second kappa shape index (κ2) is 6.55. The Balaban J connectivity index is 1.71. The number of hydrogen-bond acceptors (Lipinski definition) is 4. The van der Waals surface area contributed by atoms with Gasteiger partial charge in [0.05, 0.1) is 5.69 Å². The lowest BCUT2D eigenvalue weighted by Gasteiger charge is -2.04. The number of nitrogens with zero attached hydrogens (tertiary/aromatic N) is 3. The van der Waals surface area contributed by atoms with E-state index >= 15 is 0 Å². The second-order valence-corrected chi connectivity index (χ2v) is 5.30. The van der Waals surface area contributed by atoms with Gasteiger partial charge in [-0.2, -0.15) is 0 Å². The molecule has 3 aromatic rings. The molecule has 0 saturated heterocycles. The number of aromatic nitrogens is 4. The van der Waals surface area contributed by atoms with E-state index in [4.69, 9.17) is 11.6 Å². The van der Waals surface area contributed by atoms with Crippen LogP contribution in [0.4, 0.5) is 0 Å². The van der Waals surface area contributed by atoms with Crippen LogP contribution in [0.2, 0.25) is 5.02 Å². The summed E-state index contributed by atoms with van der Waals surface area (Å²) in [6.45, 7) is 1.72. The van der Waals surface area contributed by atoms with Crippen LogP contribution in [-0.4, -0.2) is 31.6 Å². The maximum atomic E-state index is 12.1. The molecule has 3 rings (SSSR count). The van der Waals surface area contributed by atoms with Crippen LogP contribution in [0.25, 0.3) is 5.69 Å². The first-order valence-corrected chi connectivity index (χ1v) is 7.36. The van der Waals surface area contributed by atoms with Crippen molar-refractivity contribution >= 4 is 23.4 Å². The molecule has 0 unspecified atom stereocenters. The van der Waals surface area contributed by atoms with E-state index in [-0.39, 0.29) is 5.82 Å². The van der Waals surface area contributed by atoms with Gasteiger partial charge in [-0.25, -0.2) is 9.67 Å². The smallest absolute Gasteiger partial charge is 0.309 e. The average Bonchev–Trinajstić information content (AvgIpc) is 3.23. The Kier molecular flexibility index (Phi) is 4.30. The molecule has 0 saturated carbocycles. The number of halogens is 1. The molecule has 0 bridgehead atoms. The summed E-state index contributed by atoms with van der Waals surface area (Å²) < 4.78 is 1.51. The molecule has 9 heteroatoms. The topological polar surface area (TPSA) is 105 Å². The zero-order valence-electron chi connectivity index (χ0n) is 12.6. The van der Waals surface area contributed by atoms with E-state index in [9.17, 15) is 9.59 Å². The minimum absolute atomic E-state index is 0.0609. The minimum Gasteiger partial charge on any atom is -0.357 e. The summed E-state index contributed by atoms with van der Waals surface area (Å²) in [7, 11) is 0. The van der Waals surface area contributed by atoms with E-state index < -0.39 is 11.8 Å². The number of nitrogens with one attached hydrogen (secondary N) is 3. The van der Waals surface area contributed by atoms with Gasteiger partial charge in [-0.3, -0.25) is 20.4 Å². The molecule has 1 aromatic carbocycles. The number of carbonyl (C=O) groups is 2. The third-order valence-electron chi connectivity index (χ3n) is 3.18. The number of hydrogen-bond donors (Lipinski definition) is 3. The second-order valence-electron chi connectivity index (χ2n) is 4.86. The lowest BCUT2D eigenvalue weighted by Crippen LogP contribution is -2.42. The molecule has 0 atom stereocenters. The van der Waals surface area contributed by atoms with Crippen molar-refractivity contribution < 1.29 is 9.59 Å². The van der Waals surface area contributed by atoms with Gasteiger partial charge in [0.15, 0.2) is 0 Å². The van der Waals surface area contributed by atoms with E-state index in [0.29, 0.717) is 16.5 Å². The van der Waals surface area contributed by atoms with Crippen LogP contribution in [0.5, 0.6) is 0 Å². The quantitative estimate of drug-likeness (QED) is 0.628. The number of hydrazine groups is 1. The normalized spacial score (nSPS) is 10.4. The Bertz CT molecular complexity index is 870. The summed E-state index contributed by atoms with van der Waals surface area (Å²) in [4.78, 5) is 30.7. The Labute approximate surface area is 141 Å². The Hall–Kier alpha value is -3.13. The first-order valence-electron chi connectivity index (χ1n) is 6.98. The standard InChI is InChI=1S/C15H13ClN6O2/c1-9-18-13(21-22(9)11-6-4-10(16)5-7-11)15(24)20-19-14(23)12-3-2-8-17-12/h2-8,17H,1H3,(H,19,23)(H,20,24). The van der Waals surface area contributed by atoms with Gasteiger partial charge < -0.3 is 4.98 Å². The molecule has 0 aliphatic rings. The van der Waals surface area contributed by atoms with Crippen LogP contribution >= 0.6 is 11.6 Å². The van der Waals surface area contributed by atoms with Crippen molar-refractivity contribution in [2.24, 2.45) is 0 Å². The zero-order chi connectivity index (χ0) is 17.1. The van der Waals surface area contributed by atoms with Gasteiger partial charge in [-0.05, 0) is 43.3 Å². The van der Waals surface area contributed by atoms with Crippen molar-refractivity contribution in [1.29, 1.82) is 0 Å². The van der Waals surface area contributed by atoms with Crippen LogP contribution in [0.3, 0.4) is 0 Å². The van der Waals surface area contributed by atoms with Crippen molar-refractivity contribution in [2.75, 3.05) is 0 Å². The van der Waals surface area contributed by atoms with E-state index in [1.165, 1.54) is 4.68 Å². The van der Waals surface area contributed by atoms with E-state index in [2.05, 4.69) is 25.9 Å². The lowest BCUT2D eigenvalue weighted by molar-refractivity contribution is 0.0838. The van der Waals surface area contributed by atoms with E-state index in [0.717, 1.165) is 5.69 Å². The molecule has 3 N–H and O–H groups in total. The largest absolute Gasteiger partial charge is 0.357 e. The highest BCUT2D eigenvalue weighted by atomic mass is 35.5. The third-order valence-corrected chi connectivity index (χ3v) is 3.43. The highest BCUT2D eigenvalue weighted by molar-refractivity contribution is 6.30. The monoisotopic (exact) mass is 344 g/mol. The van der Waals surface area contributed by atoms with Gasteiger partial charge in [0.1, 0.15) is 11.5 Å². The van der Waals surface area contributed by atoms with Gasteiger partial charge in [0.2, 0.25) is 5.82 Å². The molecule has 0 aliphatic heterocycles. The predicted octanol–water partition coefficient (Wildman–Crippen LogP) is 1.63. The molecule has 0 aliphatic carbocycles. The summed E-state index contributed by atoms with van der Waals surface area (Å²) >= 11 is 5.86. The number of rotatable bonds is 3. The van der Waals surface area contributed by atoms with Crippen LogP contribution in [-0.2, 0) is 0 Å². The molecule has 122 valence electrons. The van der Waals surface area contributed by atoms with Crippen molar-refractivity contribution in [1.82, 2.24) is 30.6 Å². The highest BCUT2D eigenvalue weighted by Gasteiger charge is 2.16. The highest BCUT2D eigenvalue weighted by Crippen LogP contribution is 2.14. The molecule has 8 nitrogen and oxygen atoms in total. The Morgan fingerprint density at radius 2 is 1.83 bits per heavy atom. The molecule has 2 amide bonds. The molecule has 2 heterocycles. The molecule has 24 heavy (non-hydrogen) atoms. The van der Waals surface area contributed by atoms with Crippen LogP contribution in [0.15, 0.2) is 42.6 Å². The van der Waals surface area contributed by atoms with Gasteiger partial charge in [0.25, 0.3) is 5.91 Å². The van der Waals surface area contributed by atoms with Crippen LogP contribution in [0, 0.1) is 6.92 Å². The SMILES string of the molecule is Cc1nc(C(=O)NNC(=O)c2ccc[nH]2)nn1-c1ccc(Cl)cc1. The molecular formula is C15H13ClN6O2. The average molecular weight is 345 g/mol. The first-order chi connectivity index (χ1) is 11.5. The van der Waals surface area contributed by atoms with Gasteiger partial charge in [-0.1, -0.05) is 11.6 Å². The zero-order valence-corrected chi connectivity index (χ0v) is 13.3. The summed E-state index contributed by atoms with van der Waals surface area (Å²) in [6, 6.07) is 10.2. The minimum atomic E-state index is -0.620. The maximum Gasteiger partial charge on any atom is 0.309 e. The van der Waals surface area contributed by atoms with Gasteiger partial charge >= 0.3 is 5.91 Å². The van der Waals surface area contributed by atoms with Crippen molar-refractivity contribution in [2.45, 2.75) is 6.92 Å². The summed E-state index contributed by atoms with van der Waals surface area (Å²) in [6.07, 6.45) is 1.61. The van der Waals surface area contributed by atoms with Crippen LogP contribution < -0.4 is 10.9 Å². The molecule has 0 fully saturated rings. The van der Waals surface area contributed by atoms with Crippen molar-refractivity contribution in [3.8, 4) is 5.69 Å². The predicted molar refractivity (Wildman–Crippen MR) is 86.8 cm³/mol. The fraction of sp³-hybridized carbons (Fsp3) is 0.0667. The number of H-pyrrole nitrogens is 1.